The maximum absolute atomic E-state index is 12.2. The van der Waals surface area contributed by atoms with E-state index in [0.29, 0.717) is 32.2 Å². The van der Waals surface area contributed by atoms with Gasteiger partial charge >= 0.3 is 0 Å². The lowest BCUT2D eigenvalue weighted by molar-refractivity contribution is -0.123. The number of rotatable bonds is 6. The van der Waals surface area contributed by atoms with E-state index in [9.17, 15) is 14.4 Å². The van der Waals surface area contributed by atoms with Crippen molar-refractivity contribution >= 4 is 29.1 Å². The second kappa shape index (κ2) is 8.47. The number of hydrogen-bond acceptors (Lipinski definition) is 3. The quantitative estimate of drug-likeness (QED) is 0.795. The summed E-state index contributed by atoms with van der Waals surface area (Å²) in [6, 6.07) is 15.5. The van der Waals surface area contributed by atoms with E-state index < -0.39 is 0 Å². The van der Waals surface area contributed by atoms with Crippen LogP contribution in [0.5, 0.6) is 0 Å². The van der Waals surface area contributed by atoms with Gasteiger partial charge in [-0.25, -0.2) is 0 Å². The molecule has 1 atom stereocenters. The Labute approximate surface area is 170 Å². The summed E-state index contributed by atoms with van der Waals surface area (Å²) < 4.78 is 0. The topological polar surface area (TPSA) is 78.5 Å². The molecule has 0 radical (unpaired) electrons. The van der Waals surface area contributed by atoms with Crippen molar-refractivity contribution in [3.05, 3.63) is 59.7 Å². The highest BCUT2D eigenvalue weighted by Crippen LogP contribution is 2.27. The molecule has 1 saturated heterocycles. The molecule has 1 unspecified atom stereocenters. The average Bonchev–Trinajstić information content (AvgIpc) is 3.17. The van der Waals surface area contributed by atoms with Crippen LogP contribution < -0.4 is 15.5 Å². The van der Waals surface area contributed by atoms with Gasteiger partial charge in [-0.1, -0.05) is 30.3 Å². The van der Waals surface area contributed by atoms with Gasteiger partial charge in [0, 0.05) is 43.2 Å². The van der Waals surface area contributed by atoms with Gasteiger partial charge in [0.25, 0.3) is 0 Å². The summed E-state index contributed by atoms with van der Waals surface area (Å²) in [4.78, 5) is 38.1. The van der Waals surface area contributed by atoms with Crippen LogP contribution in [-0.2, 0) is 27.3 Å². The number of fused-ring (bicyclic) bond motifs is 1. The lowest BCUT2D eigenvalue weighted by Crippen LogP contribution is -2.31. The zero-order valence-corrected chi connectivity index (χ0v) is 16.3. The minimum atomic E-state index is -0.173. The molecule has 29 heavy (non-hydrogen) atoms. The van der Waals surface area contributed by atoms with Crippen LogP contribution in [-0.4, -0.2) is 24.3 Å². The Kier molecular flexibility index (Phi) is 5.60. The predicted molar refractivity (Wildman–Crippen MR) is 111 cm³/mol. The molecule has 6 nitrogen and oxygen atoms in total. The molecular formula is C23H25N3O3. The van der Waals surface area contributed by atoms with E-state index in [-0.39, 0.29) is 23.6 Å². The van der Waals surface area contributed by atoms with E-state index in [1.54, 1.807) is 4.90 Å². The van der Waals surface area contributed by atoms with Crippen LogP contribution in [0.15, 0.2) is 48.5 Å². The van der Waals surface area contributed by atoms with Gasteiger partial charge in [0.1, 0.15) is 0 Å². The summed E-state index contributed by atoms with van der Waals surface area (Å²) in [7, 11) is 0. The second-order valence-corrected chi connectivity index (χ2v) is 7.68. The molecule has 0 bridgehead atoms. The number of nitrogens with one attached hydrogen (secondary N) is 2. The van der Waals surface area contributed by atoms with Crippen LogP contribution >= 0.6 is 0 Å². The molecule has 6 heteroatoms. The average molecular weight is 391 g/mol. The molecular weight excluding hydrogens is 366 g/mol. The number of carbonyl (C=O) groups is 3. The maximum Gasteiger partial charge on any atom is 0.227 e. The number of anilines is 2. The summed E-state index contributed by atoms with van der Waals surface area (Å²) in [6.45, 7) is 1.21. The Morgan fingerprint density at radius 3 is 2.66 bits per heavy atom. The Hall–Kier alpha value is -3.15. The molecule has 0 aromatic heterocycles. The highest BCUT2D eigenvalue weighted by Gasteiger charge is 2.26. The third-order valence-corrected chi connectivity index (χ3v) is 5.64. The molecule has 3 amide bonds. The Morgan fingerprint density at radius 1 is 1.10 bits per heavy atom. The van der Waals surface area contributed by atoms with Crippen LogP contribution in [0.3, 0.4) is 0 Å². The van der Waals surface area contributed by atoms with E-state index in [2.05, 4.69) is 10.6 Å². The van der Waals surface area contributed by atoms with Gasteiger partial charge in [-0.15, -0.1) is 0 Å². The second-order valence-electron chi connectivity index (χ2n) is 7.68. The van der Waals surface area contributed by atoms with Crippen LogP contribution in [0.2, 0.25) is 0 Å². The summed E-state index contributed by atoms with van der Waals surface area (Å²) >= 11 is 0. The Morgan fingerprint density at radius 2 is 1.90 bits per heavy atom. The van der Waals surface area contributed by atoms with E-state index in [4.69, 9.17) is 0 Å². The van der Waals surface area contributed by atoms with Crippen LogP contribution in [0.4, 0.5) is 11.4 Å². The molecule has 2 aromatic rings. The molecule has 2 N–H and O–H groups in total. The molecule has 150 valence electrons. The van der Waals surface area contributed by atoms with Crippen molar-refractivity contribution in [2.75, 3.05) is 16.8 Å². The molecule has 1 fully saturated rings. The Bertz CT molecular complexity index is 923. The fourth-order valence-corrected chi connectivity index (χ4v) is 3.96. The third kappa shape index (κ3) is 4.47. The van der Waals surface area contributed by atoms with Crippen LogP contribution in [0.1, 0.15) is 36.8 Å². The van der Waals surface area contributed by atoms with Gasteiger partial charge in [-0.3, -0.25) is 14.4 Å². The van der Waals surface area contributed by atoms with Gasteiger partial charge in [0.05, 0.1) is 0 Å². The van der Waals surface area contributed by atoms with E-state index >= 15 is 0 Å². The fourth-order valence-electron chi connectivity index (χ4n) is 3.96. The van der Waals surface area contributed by atoms with Crippen molar-refractivity contribution in [3.8, 4) is 0 Å². The first-order valence-corrected chi connectivity index (χ1v) is 10.1. The number of para-hydroxylation sites is 1. The summed E-state index contributed by atoms with van der Waals surface area (Å²) in [5.74, 6) is -0.0765. The van der Waals surface area contributed by atoms with E-state index in [0.717, 1.165) is 35.5 Å². The monoisotopic (exact) mass is 391 g/mol. The summed E-state index contributed by atoms with van der Waals surface area (Å²) in [5, 5.41) is 5.84. The molecule has 0 saturated carbocycles. The molecule has 0 aliphatic carbocycles. The largest absolute Gasteiger partial charge is 0.352 e. The number of amides is 3. The molecule has 2 aliphatic heterocycles. The standard InChI is InChI=1S/C23H25N3O3/c27-21(12-9-18-14-17-4-1-2-5-20(17)25-23(18)29)24-15-16-7-10-19(11-8-16)26-13-3-6-22(26)28/h1-2,4-5,7-8,10-11,18H,3,6,9,12-15H2,(H,24,27)(H,25,29). The van der Waals surface area contributed by atoms with Gasteiger partial charge < -0.3 is 15.5 Å². The number of nitrogens with zero attached hydrogens (tertiary/aromatic N) is 1. The smallest absolute Gasteiger partial charge is 0.227 e. The summed E-state index contributed by atoms with van der Waals surface area (Å²) in [5.41, 5.74) is 3.88. The first kappa shape index (κ1) is 19.2. The molecule has 0 spiro atoms. The minimum absolute atomic E-state index is 0.0106. The fraction of sp³-hybridized carbons (Fsp3) is 0.348. The molecule has 2 aromatic carbocycles. The van der Waals surface area contributed by atoms with Gasteiger partial charge in [-0.2, -0.15) is 0 Å². The van der Waals surface area contributed by atoms with Crippen molar-refractivity contribution in [1.29, 1.82) is 0 Å². The zero-order valence-electron chi connectivity index (χ0n) is 16.3. The minimum Gasteiger partial charge on any atom is -0.352 e. The highest BCUT2D eigenvalue weighted by atomic mass is 16.2. The van der Waals surface area contributed by atoms with Crippen molar-refractivity contribution in [3.63, 3.8) is 0 Å². The molecule has 4 rings (SSSR count). The lowest BCUT2D eigenvalue weighted by atomic mass is 9.89. The van der Waals surface area contributed by atoms with E-state index in [1.165, 1.54) is 0 Å². The zero-order chi connectivity index (χ0) is 20.2. The van der Waals surface area contributed by atoms with Crippen molar-refractivity contribution in [1.82, 2.24) is 5.32 Å². The molecule has 2 heterocycles. The van der Waals surface area contributed by atoms with Gasteiger partial charge in [0.15, 0.2) is 0 Å². The number of benzene rings is 2. The first-order chi connectivity index (χ1) is 14.1. The number of carbonyl (C=O) groups excluding carboxylic acids is 3. The van der Waals surface area contributed by atoms with Crippen molar-refractivity contribution in [2.45, 2.75) is 38.6 Å². The third-order valence-electron chi connectivity index (χ3n) is 5.64. The normalized spacial score (nSPS) is 18.3. The summed E-state index contributed by atoms with van der Waals surface area (Å²) in [6.07, 6.45) is 3.04. The Balaban J connectivity index is 1.24. The highest BCUT2D eigenvalue weighted by molar-refractivity contribution is 5.96. The lowest BCUT2D eigenvalue weighted by Gasteiger charge is -2.24. The van der Waals surface area contributed by atoms with Gasteiger partial charge in [0.2, 0.25) is 17.7 Å². The molecule has 2 aliphatic rings. The number of hydrogen-bond donors (Lipinski definition) is 2. The van der Waals surface area contributed by atoms with Gasteiger partial charge in [-0.05, 0) is 48.6 Å². The van der Waals surface area contributed by atoms with Crippen LogP contribution in [0.25, 0.3) is 0 Å². The predicted octanol–water partition coefficient (Wildman–Crippen LogP) is 3.02. The maximum atomic E-state index is 12.2. The van der Waals surface area contributed by atoms with E-state index in [1.807, 2.05) is 48.5 Å². The first-order valence-electron chi connectivity index (χ1n) is 10.1. The van der Waals surface area contributed by atoms with Crippen molar-refractivity contribution < 1.29 is 14.4 Å². The SMILES string of the molecule is O=C(CCC1Cc2ccccc2NC1=O)NCc1ccc(N2CCCC2=O)cc1. The van der Waals surface area contributed by atoms with Crippen molar-refractivity contribution in [2.24, 2.45) is 5.92 Å². The van der Waals surface area contributed by atoms with Crippen LogP contribution in [0, 0.1) is 5.92 Å².